The van der Waals surface area contributed by atoms with Gasteiger partial charge in [0.05, 0.1) is 10.6 Å². The Labute approximate surface area is 118 Å². The Morgan fingerprint density at radius 2 is 1.95 bits per heavy atom. The molecule has 1 aromatic rings. The molecule has 2 aliphatic heterocycles. The van der Waals surface area contributed by atoms with E-state index in [0.717, 1.165) is 44.4 Å². The molecule has 1 saturated heterocycles. The average molecular weight is 279 g/mol. The second-order valence-corrected chi connectivity index (χ2v) is 6.25. The summed E-state index contributed by atoms with van der Waals surface area (Å²) in [5.41, 5.74) is 1.23. The maximum Gasteiger partial charge on any atom is 0.227 e. The van der Waals surface area contributed by atoms with Crippen LogP contribution in [-0.2, 0) is 6.42 Å². The Morgan fingerprint density at radius 3 is 2.68 bits per heavy atom. The molecule has 0 unspecified atom stereocenters. The predicted molar refractivity (Wildman–Crippen MR) is 80.3 cm³/mol. The summed E-state index contributed by atoms with van der Waals surface area (Å²) >= 11 is 1.88. The highest BCUT2D eigenvalue weighted by Gasteiger charge is 2.22. The number of aromatic nitrogens is 2. The molecule has 3 heterocycles. The minimum Gasteiger partial charge on any atom is -0.372 e. The van der Waals surface area contributed by atoms with E-state index in [-0.39, 0.29) is 0 Å². The molecule has 6 heteroatoms. The van der Waals surface area contributed by atoms with Gasteiger partial charge in [-0.05, 0) is 25.6 Å². The SMILES string of the molecule is CNc1nc(N2CCN(C)CC2)nc2c1SCCC2. The van der Waals surface area contributed by atoms with Gasteiger partial charge in [0.1, 0.15) is 5.82 Å². The van der Waals surface area contributed by atoms with Crippen LogP contribution in [0.5, 0.6) is 0 Å². The first kappa shape index (κ1) is 13.0. The molecule has 0 aromatic carbocycles. The van der Waals surface area contributed by atoms with Crippen molar-refractivity contribution in [3.8, 4) is 0 Å². The van der Waals surface area contributed by atoms with Gasteiger partial charge >= 0.3 is 0 Å². The summed E-state index contributed by atoms with van der Waals surface area (Å²) in [4.78, 5) is 15.4. The minimum absolute atomic E-state index is 0.902. The van der Waals surface area contributed by atoms with Gasteiger partial charge in [-0.2, -0.15) is 4.98 Å². The molecule has 3 rings (SSSR count). The monoisotopic (exact) mass is 279 g/mol. The fourth-order valence-electron chi connectivity index (χ4n) is 2.54. The molecule has 1 fully saturated rings. The molecule has 0 aliphatic carbocycles. The largest absolute Gasteiger partial charge is 0.372 e. The Balaban J connectivity index is 1.89. The fourth-order valence-corrected chi connectivity index (χ4v) is 3.63. The maximum atomic E-state index is 4.81. The third-order valence-electron chi connectivity index (χ3n) is 3.75. The summed E-state index contributed by atoms with van der Waals surface area (Å²) in [5.74, 6) is 3.08. The minimum atomic E-state index is 0.902. The lowest BCUT2D eigenvalue weighted by Gasteiger charge is -2.33. The van der Waals surface area contributed by atoms with Crippen LogP contribution in [0.1, 0.15) is 12.1 Å². The molecular weight excluding hydrogens is 258 g/mol. The van der Waals surface area contributed by atoms with E-state index in [9.17, 15) is 0 Å². The molecule has 0 bridgehead atoms. The molecule has 0 atom stereocenters. The van der Waals surface area contributed by atoms with Crippen molar-refractivity contribution in [3.63, 3.8) is 0 Å². The van der Waals surface area contributed by atoms with Gasteiger partial charge in [0.25, 0.3) is 0 Å². The van der Waals surface area contributed by atoms with Crippen LogP contribution in [0.25, 0.3) is 0 Å². The van der Waals surface area contributed by atoms with Gasteiger partial charge in [-0.25, -0.2) is 4.98 Å². The van der Waals surface area contributed by atoms with Gasteiger partial charge in [-0.1, -0.05) is 0 Å². The third-order valence-corrected chi connectivity index (χ3v) is 4.96. The lowest BCUT2D eigenvalue weighted by Crippen LogP contribution is -2.45. The van der Waals surface area contributed by atoms with Crippen LogP contribution >= 0.6 is 11.8 Å². The molecule has 5 nitrogen and oxygen atoms in total. The zero-order valence-electron chi connectivity index (χ0n) is 11.6. The van der Waals surface area contributed by atoms with Gasteiger partial charge in [0.15, 0.2) is 0 Å². The number of hydrogen-bond acceptors (Lipinski definition) is 6. The van der Waals surface area contributed by atoms with Crippen LogP contribution < -0.4 is 10.2 Å². The van der Waals surface area contributed by atoms with E-state index in [4.69, 9.17) is 9.97 Å². The number of nitrogens with zero attached hydrogens (tertiary/aromatic N) is 4. The smallest absolute Gasteiger partial charge is 0.227 e. The van der Waals surface area contributed by atoms with E-state index in [2.05, 4.69) is 22.2 Å². The Hall–Kier alpha value is -1.01. The molecular formula is C13H21N5S. The van der Waals surface area contributed by atoms with Crippen molar-refractivity contribution in [2.45, 2.75) is 17.7 Å². The highest BCUT2D eigenvalue weighted by molar-refractivity contribution is 7.99. The van der Waals surface area contributed by atoms with Crippen LogP contribution in [0.2, 0.25) is 0 Å². The molecule has 0 amide bonds. The molecule has 0 saturated carbocycles. The van der Waals surface area contributed by atoms with Gasteiger partial charge in [0.2, 0.25) is 5.95 Å². The zero-order valence-corrected chi connectivity index (χ0v) is 12.5. The second kappa shape index (κ2) is 5.54. The van der Waals surface area contributed by atoms with Gasteiger partial charge in [-0.3, -0.25) is 0 Å². The van der Waals surface area contributed by atoms with Gasteiger partial charge in [0, 0.05) is 33.2 Å². The van der Waals surface area contributed by atoms with Gasteiger partial charge in [-0.15, -0.1) is 11.8 Å². The number of thioether (sulfide) groups is 1. The molecule has 2 aliphatic rings. The van der Waals surface area contributed by atoms with Crippen LogP contribution in [0.15, 0.2) is 4.90 Å². The first-order chi connectivity index (χ1) is 9.28. The number of nitrogens with one attached hydrogen (secondary N) is 1. The topological polar surface area (TPSA) is 44.3 Å². The van der Waals surface area contributed by atoms with Crippen molar-refractivity contribution in [1.29, 1.82) is 0 Å². The quantitative estimate of drug-likeness (QED) is 0.880. The van der Waals surface area contributed by atoms with Crippen LogP contribution in [0.3, 0.4) is 0 Å². The van der Waals surface area contributed by atoms with E-state index >= 15 is 0 Å². The van der Waals surface area contributed by atoms with E-state index in [1.54, 1.807) is 0 Å². The Morgan fingerprint density at radius 1 is 1.16 bits per heavy atom. The Bertz CT molecular complexity index is 439. The summed E-state index contributed by atoms with van der Waals surface area (Å²) in [6.45, 7) is 4.21. The van der Waals surface area contributed by atoms with Crippen molar-refractivity contribution in [1.82, 2.24) is 14.9 Å². The highest BCUT2D eigenvalue weighted by Crippen LogP contribution is 2.35. The molecule has 1 N–H and O–H groups in total. The van der Waals surface area contributed by atoms with Crippen molar-refractivity contribution in [3.05, 3.63) is 5.69 Å². The number of hydrogen-bond donors (Lipinski definition) is 1. The third kappa shape index (κ3) is 2.65. The first-order valence-electron chi connectivity index (χ1n) is 6.93. The standard InChI is InChI=1S/C13H21N5S/c1-14-12-11-10(4-3-9-19-11)15-13(16-12)18-7-5-17(2)6-8-18/h3-9H2,1-2H3,(H,14,15,16). The summed E-state index contributed by atoms with van der Waals surface area (Å²) < 4.78 is 0. The van der Waals surface area contributed by atoms with Crippen molar-refractivity contribution < 1.29 is 0 Å². The van der Waals surface area contributed by atoms with Crippen molar-refractivity contribution >= 4 is 23.5 Å². The number of anilines is 2. The lowest BCUT2D eigenvalue weighted by molar-refractivity contribution is 0.311. The lowest BCUT2D eigenvalue weighted by atomic mass is 10.2. The van der Waals surface area contributed by atoms with Gasteiger partial charge < -0.3 is 15.1 Å². The number of rotatable bonds is 2. The normalized spacial score (nSPS) is 20.2. The summed E-state index contributed by atoms with van der Waals surface area (Å²) in [7, 11) is 4.12. The fraction of sp³-hybridized carbons (Fsp3) is 0.692. The van der Waals surface area contributed by atoms with Crippen LogP contribution in [0.4, 0.5) is 11.8 Å². The van der Waals surface area contributed by atoms with E-state index in [1.807, 2.05) is 18.8 Å². The molecule has 19 heavy (non-hydrogen) atoms. The predicted octanol–water partition coefficient (Wildman–Crippen LogP) is 1.31. The number of likely N-dealkylation sites (N-methyl/N-ethyl adjacent to an activating group) is 1. The summed E-state index contributed by atoms with van der Waals surface area (Å²) in [6.07, 6.45) is 2.31. The molecule has 104 valence electrons. The molecule has 1 aromatic heterocycles. The van der Waals surface area contributed by atoms with E-state index in [0.29, 0.717) is 0 Å². The highest BCUT2D eigenvalue weighted by atomic mass is 32.2. The second-order valence-electron chi connectivity index (χ2n) is 5.14. The summed E-state index contributed by atoms with van der Waals surface area (Å²) in [5, 5.41) is 3.23. The Kier molecular flexibility index (Phi) is 3.79. The van der Waals surface area contributed by atoms with Crippen LogP contribution in [-0.4, -0.2) is 60.9 Å². The first-order valence-corrected chi connectivity index (χ1v) is 7.91. The molecule has 0 radical (unpaired) electrons. The number of aryl methyl sites for hydroxylation is 1. The van der Waals surface area contributed by atoms with E-state index < -0.39 is 0 Å². The van der Waals surface area contributed by atoms with Crippen molar-refractivity contribution in [2.75, 3.05) is 56.2 Å². The number of fused-ring (bicyclic) bond motifs is 1. The van der Waals surface area contributed by atoms with Crippen LogP contribution in [0, 0.1) is 0 Å². The van der Waals surface area contributed by atoms with E-state index in [1.165, 1.54) is 22.8 Å². The number of piperazine rings is 1. The zero-order chi connectivity index (χ0) is 13.2. The summed E-state index contributed by atoms with van der Waals surface area (Å²) in [6, 6.07) is 0. The maximum absolute atomic E-state index is 4.81. The van der Waals surface area contributed by atoms with Crippen molar-refractivity contribution in [2.24, 2.45) is 0 Å². The molecule has 0 spiro atoms. The average Bonchev–Trinajstić information content (AvgIpc) is 2.47.